The molecular weight excluding hydrogens is 344 g/mol. The third-order valence-electron chi connectivity index (χ3n) is 5.16. The highest BCUT2D eigenvalue weighted by Crippen LogP contribution is 2.37. The molecule has 0 unspecified atom stereocenters. The first-order valence-electron chi connectivity index (χ1n) is 9.15. The number of rotatable bonds is 4. The summed E-state index contributed by atoms with van der Waals surface area (Å²) in [4.78, 5) is 26.1. The number of aryl methyl sites for hydroxylation is 1. The fourth-order valence-corrected chi connectivity index (χ4v) is 3.74. The van der Waals surface area contributed by atoms with Crippen LogP contribution in [-0.2, 0) is 16.0 Å². The number of carbonyl (C=O) groups excluding carboxylic acids is 2. The summed E-state index contributed by atoms with van der Waals surface area (Å²) < 4.78 is 11.1. The number of para-hydroxylation sites is 1. The lowest BCUT2D eigenvalue weighted by molar-refractivity contribution is -0.134. The molecule has 0 fully saturated rings. The molecule has 1 atom stereocenters. The van der Waals surface area contributed by atoms with Gasteiger partial charge in [-0.1, -0.05) is 30.3 Å². The Balaban J connectivity index is 1.46. The summed E-state index contributed by atoms with van der Waals surface area (Å²) in [7, 11) is 1.82. The van der Waals surface area contributed by atoms with Gasteiger partial charge in [-0.15, -0.1) is 0 Å². The molecule has 0 bridgehead atoms. The van der Waals surface area contributed by atoms with Crippen molar-refractivity contribution in [2.24, 2.45) is 0 Å². The van der Waals surface area contributed by atoms with Gasteiger partial charge < -0.3 is 19.7 Å². The van der Waals surface area contributed by atoms with Crippen molar-refractivity contribution < 1.29 is 19.1 Å². The Morgan fingerprint density at radius 3 is 3.00 bits per heavy atom. The van der Waals surface area contributed by atoms with Crippen LogP contribution in [0.5, 0.6) is 11.5 Å². The van der Waals surface area contributed by atoms with Crippen molar-refractivity contribution in [1.29, 1.82) is 0 Å². The number of anilines is 1. The molecule has 2 aromatic rings. The van der Waals surface area contributed by atoms with E-state index in [2.05, 4.69) is 17.4 Å². The van der Waals surface area contributed by atoms with Gasteiger partial charge in [0.15, 0.2) is 13.2 Å². The number of benzene rings is 2. The third kappa shape index (κ3) is 3.47. The lowest BCUT2D eigenvalue weighted by Crippen LogP contribution is -2.36. The van der Waals surface area contributed by atoms with E-state index in [1.165, 1.54) is 11.1 Å². The molecular formula is C21H22N2O4. The first kappa shape index (κ1) is 17.4. The minimum atomic E-state index is -0.235. The summed E-state index contributed by atoms with van der Waals surface area (Å²) in [5.74, 6) is 0.652. The highest BCUT2D eigenvalue weighted by atomic mass is 16.5. The van der Waals surface area contributed by atoms with E-state index in [1.807, 2.05) is 19.2 Å². The van der Waals surface area contributed by atoms with Crippen LogP contribution in [-0.4, -0.2) is 37.0 Å². The molecule has 0 saturated carbocycles. The second-order valence-electron chi connectivity index (χ2n) is 6.87. The molecule has 0 saturated heterocycles. The van der Waals surface area contributed by atoms with Gasteiger partial charge >= 0.3 is 0 Å². The standard InChI is InChI=1S/C21H22N2O4/c1-23(16-9-4-7-14-6-2-3-8-15(14)16)20(25)13-27-18-11-5-10-17-21(18)22-19(24)12-26-17/h2-3,5-6,8,10-11,16H,4,7,9,12-13H2,1H3,(H,22,24)/t16-/m0/s1. The van der Waals surface area contributed by atoms with Gasteiger partial charge in [0.25, 0.3) is 11.8 Å². The van der Waals surface area contributed by atoms with Crippen LogP contribution in [0.4, 0.5) is 5.69 Å². The lowest BCUT2D eigenvalue weighted by atomic mass is 9.87. The number of ether oxygens (including phenoxy) is 2. The van der Waals surface area contributed by atoms with Crippen LogP contribution in [0.1, 0.15) is 30.0 Å². The zero-order valence-corrected chi connectivity index (χ0v) is 15.2. The predicted octanol–water partition coefficient (Wildman–Crippen LogP) is 2.93. The Kier molecular flexibility index (Phi) is 4.71. The summed E-state index contributed by atoms with van der Waals surface area (Å²) in [6.45, 7) is -0.110. The van der Waals surface area contributed by atoms with Crippen molar-refractivity contribution >= 4 is 17.5 Å². The van der Waals surface area contributed by atoms with Crippen LogP contribution < -0.4 is 14.8 Å². The van der Waals surface area contributed by atoms with Gasteiger partial charge in [0, 0.05) is 7.05 Å². The third-order valence-corrected chi connectivity index (χ3v) is 5.16. The van der Waals surface area contributed by atoms with E-state index >= 15 is 0 Å². The fourth-order valence-electron chi connectivity index (χ4n) is 3.74. The summed E-state index contributed by atoms with van der Waals surface area (Å²) in [6.07, 6.45) is 3.07. The molecule has 2 aliphatic rings. The van der Waals surface area contributed by atoms with Gasteiger partial charge in [0.1, 0.15) is 17.2 Å². The highest BCUT2D eigenvalue weighted by Gasteiger charge is 2.27. The van der Waals surface area contributed by atoms with E-state index in [0.717, 1.165) is 19.3 Å². The van der Waals surface area contributed by atoms with Crippen LogP contribution in [0.15, 0.2) is 42.5 Å². The number of hydrogen-bond acceptors (Lipinski definition) is 4. The molecule has 6 nitrogen and oxygen atoms in total. The summed E-state index contributed by atoms with van der Waals surface area (Å²) in [6, 6.07) is 13.6. The maximum Gasteiger partial charge on any atom is 0.262 e. The van der Waals surface area contributed by atoms with Gasteiger partial charge in [-0.2, -0.15) is 0 Å². The number of nitrogens with zero attached hydrogens (tertiary/aromatic N) is 1. The maximum atomic E-state index is 12.7. The van der Waals surface area contributed by atoms with Gasteiger partial charge in [-0.05, 0) is 42.5 Å². The van der Waals surface area contributed by atoms with E-state index in [-0.39, 0.29) is 31.1 Å². The largest absolute Gasteiger partial charge is 0.481 e. The van der Waals surface area contributed by atoms with Gasteiger partial charge in [-0.3, -0.25) is 9.59 Å². The molecule has 1 heterocycles. The van der Waals surface area contributed by atoms with Crippen LogP contribution in [0.2, 0.25) is 0 Å². The second kappa shape index (κ2) is 7.31. The topological polar surface area (TPSA) is 67.9 Å². The van der Waals surface area contributed by atoms with Crippen molar-refractivity contribution in [3.05, 3.63) is 53.6 Å². The molecule has 140 valence electrons. The Morgan fingerprint density at radius 2 is 2.11 bits per heavy atom. The number of fused-ring (bicyclic) bond motifs is 2. The number of hydrogen-bond donors (Lipinski definition) is 1. The number of likely N-dealkylation sites (N-methyl/N-ethyl adjacent to an activating group) is 1. The molecule has 27 heavy (non-hydrogen) atoms. The van der Waals surface area contributed by atoms with E-state index in [0.29, 0.717) is 17.2 Å². The second-order valence-corrected chi connectivity index (χ2v) is 6.87. The first-order chi connectivity index (χ1) is 13.1. The summed E-state index contributed by atoms with van der Waals surface area (Å²) >= 11 is 0. The van der Waals surface area contributed by atoms with Gasteiger partial charge in [-0.25, -0.2) is 0 Å². The number of amides is 2. The van der Waals surface area contributed by atoms with E-state index in [1.54, 1.807) is 23.1 Å². The maximum absolute atomic E-state index is 12.7. The summed E-state index contributed by atoms with van der Waals surface area (Å²) in [5, 5.41) is 2.74. The Hall–Kier alpha value is -3.02. The molecule has 1 aliphatic carbocycles. The average molecular weight is 366 g/mol. The van der Waals surface area contributed by atoms with Crippen LogP contribution in [0, 0.1) is 0 Å². The molecule has 2 amide bonds. The summed E-state index contributed by atoms with van der Waals surface area (Å²) in [5.41, 5.74) is 3.01. The van der Waals surface area contributed by atoms with Gasteiger partial charge in [0.2, 0.25) is 0 Å². The van der Waals surface area contributed by atoms with Crippen LogP contribution in [0.3, 0.4) is 0 Å². The van der Waals surface area contributed by atoms with Crippen molar-refractivity contribution in [3.8, 4) is 11.5 Å². The minimum Gasteiger partial charge on any atom is -0.481 e. The van der Waals surface area contributed by atoms with Crippen molar-refractivity contribution in [1.82, 2.24) is 4.90 Å². The van der Waals surface area contributed by atoms with E-state index in [9.17, 15) is 9.59 Å². The predicted molar refractivity (Wildman–Crippen MR) is 101 cm³/mol. The van der Waals surface area contributed by atoms with Crippen LogP contribution >= 0.6 is 0 Å². The zero-order chi connectivity index (χ0) is 18.8. The molecule has 1 aliphatic heterocycles. The van der Waals surface area contributed by atoms with Crippen molar-refractivity contribution in [3.63, 3.8) is 0 Å². The number of nitrogens with one attached hydrogen (secondary N) is 1. The van der Waals surface area contributed by atoms with Crippen molar-refractivity contribution in [2.75, 3.05) is 25.6 Å². The lowest BCUT2D eigenvalue weighted by Gasteiger charge is -2.33. The highest BCUT2D eigenvalue weighted by molar-refractivity contribution is 5.97. The van der Waals surface area contributed by atoms with Crippen LogP contribution in [0.25, 0.3) is 0 Å². The molecule has 4 rings (SSSR count). The fraction of sp³-hybridized carbons (Fsp3) is 0.333. The molecule has 1 N–H and O–H groups in total. The average Bonchev–Trinajstić information content (AvgIpc) is 2.71. The smallest absolute Gasteiger partial charge is 0.262 e. The van der Waals surface area contributed by atoms with Crippen molar-refractivity contribution in [2.45, 2.75) is 25.3 Å². The zero-order valence-electron chi connectivity index (χ0n) is 15.2. The molecule has 2 aromatic carbocycles. The van der Waals surface area contributed by atoms with E-state index in [4.69, 9.17) is 9.47 Å². The van der Waals surface area contributed by atoms with E-state index < -0.39 is 0 Å². The first-order valence-corrected chi connectivity index (χ1v) is 9.15. The number of carbonyl (C=O) groups is 2. The Morgan fingerprint density at radius 1 is 1.26 bits per heavy atom. The molecule has 6 heteroatoms. The Bertz CT molecular complexity index is 880. The SMILES string of the molecule is CN(C(=O)COc1cccc2c1NC(=O)CO2)[C@H]1CCCc2ccccc21. The normalized spacial score (nSPS) is 17.8. The van der Waals surface area contributed by atoms with Gasteiger partial charge in [0.05, 0.1) is 6.04 Å². The molecule has 0 radical (unpaired) electrons. The molecule has 0 aromatic heterocycles. The molecule has 0 spiro atoms. The monoisotopic (exact) mass is 366 g/mol. The Labute approximate surface area is 158 Å². The minimum absolute atomic E-state index is 0.0147. The quantitative estimate of drug-likeness (QED) is 0.903.